The Morgan fingerprint density at radius 3 is 2.25 bits per heavy atom. The topological polar surface area (TPSA) is 77.0 Å². The van der Waals surface area contributed by atoms with Crippen LogP contribution in [0.25, 0.3) is 11.1 Å². The molecule has 0 aliphatic carbocycles. The minimum absolute atomic E-state index is 0.00271. The van der Waals surface area contributed by atoms with Gasteiger partial charge in [0.1, 0.15) is 11.8 Å². The number of aliphatic imine (C=N–C) groups is 1. The van der Waals surface area contributed by atoms with Crippen LogP contribution in [0.2, 0.25) is 0 Å². The van der Waals surface area contributed by atoms with Crippen LogP contribution in [0.4, 0.5) is 0 Å². The van der Waals surface area contributed by atoms with E-state index in [2.05, 4.69) is 5.32 Å². The fraction of sp³-hybridized carbons (Fsp3) is 0.207. The van der Waals surface area contributed by atoms with Crippen LogP contribution in [-0.4, -0.2) is 36.4 Å². The maximum absolute atomic E-state index is 12.9. The molecule has 0 spiro atoms. The molecule has 3 aromatic rings. The van der Waals surface area contributed by atoms with Crippen LogP contribution in [-0.2, 0) is 9.53 Å². The third-order valence-corrected chi connectivity index (χ3v) is 6.69. The summed E-state index contributed by atoms with van der Waals surface area (Å²) in [7, 11) is 1.60. The number of hydrogen-bond acceptors (Lipinski definition) is 7. The monoisotopic (exact) mass is 500 g/mol. The molecule has 1 unspecified atom stereocenters. The van der Waals surface area contributed by atoms with Crippen molar-refractivity contribution in [2.24, 2.45) is 4.99 Å². The van der Waals surface area contributed by atoms with Gasteiger partial charge in [-0.3, -0.25) is 4.79 Å². The summed E-state index contributed by atoms with van der Waals surface area (Å²) < 4.78 is 10.5. The third kappa shape index (κ3) is 5.86. The second-order valence-electron chi connectivity index (χ2n) is 8.15. The SMILES string of the molecule is CCOC(=O)C1=C(C)NC(SCC(=O)c2ccc(-c3ccccc3)cc2)=NC1c1ccc(OC)cc1. The normalized spacial score (nSPS) is 15.1. The average molecular weight is 501 g/mol. The molecule has 6 nitrogen and oxygen atoms in total. The minimum Gasteiger partial charge on any atom is -0.497 e. The van der Waals surface area contributed by atoms with E-state index in [-0.39, 0.29) is 18.1 Å². The quantitative estimate of drug-likeness (QED) is 0.310. The van der Waals surface area contributed by atoms with Crippen molar-refractivity contribution in [2.45, 2.75) is 19.9 Å². The lowest BCUT2D eigenvalue weighted by molar-refractivity contribution is -0.138. The van der Waals surface area contributed by atoms with Gasteiger partial charge < -0.3 is 14.8 Å². The molecule has 0 aromatic heterocycles. The van der Waals surface area contributed by atoms with Crippen molar-refractivity contribution in [3.05, 3.63) is 101 Å². The van der Waals surface area contributed by atoms with Crippen molar-refractivity contribution in [3.8, 4) is 16.9 Å². The average Bonchev–Trinajstić information content (AvgIpc) is 2.92. The summed E-state index contributed by atoms with van der Waals surface area (Å²) >= 11 is 1.32. The fourth-order valence-electron chi connectivity index (χ4n) is 3.92. The molecule has 0 bridgehead atoms. The Balaban J connectivity index is 1.50. The molecule has 36 heavy (non-hydrogen) atoms. The maximum atomic E-state index is 12.9. The summed E-state index contributed by atoms with van der Waals surface area (Å²) in [5.74, 6) is 0.524. The standard InChI is InChI=1S/C29H28N2O4S/c1-4-35-28(33)26-19(2)30-29(31-27(26)23-14-16-24(34-3)17-15-23)36-18-25(32)22-12-10-21(11-13-22)20-8-6-5-7-9-20/h5-17,27H,4,18H2,1-3H3,(H,30,31). The van der Waals surface area contributed by atoms with E-state index in [9.17, 15) is 9.59 Å². The Morgan fingerprint density at radius 1 is 0.944 bits per heavy atom. The van der Waals surface area contributed by atoms with Crippen molar-refractivity contribution in [3.63, 3.8) is 0 Å². The van der Waals surface area contributed by atoms with Crippen LogP contribution in [0.5, 0.6) is 5.75 Å². The van der Waals surface area contributed by atoms with E-state index in [1.54, 1.807) is 14.0 Å². The van der Waals surface area contributed by atoms with Gasteiger partial charge in [0.15, 0.2) is 11.0 Å². The summed E-state index contributed by atoms with van der Waals surface area (Å²) in [6.45, 7) is 3.87. The van der Waals surface area contributed by atoms with Crippen LogP contribution in [0.3, 0.4) is 0 Å². The molecular weight excluding hydrogens is 472 g/mol. The first-order valence-corrected chi connectivity index (χ1v) is 12.7. The molecule has 0 fully saturated rings. The van der Waals surface area contributed by atoms with E-state index in [4.69, 9.17) is 14.5 Å². The van der Waals surface area contributed by atoms with E-state index in [1.807, 2.05) is 85.8 Å². The predicted molar refractivity (Wildman–Crippen MR) is 144 cm³/mol. The molecule has 7 heteroatoms. The number of ether oxygens (including phenoxy) is 2. The Bertz CT molecular complexity index is 1280. The van der Waals surface area contributed by atoms with Gasteiger partial charge in [-0.1, -0.05) is 78.5 Å². The molecular formula is C29H28N2O4S. The lowest BCUT2D eigenvalue weighted by Crippen LogP contribution is -2.31. The number of carbonyl (C=O) groups is 2. The van der Waals surface area contributed by atoms with E-state index in [0.717, 1.165) is 16.7 Å². The van der Waals surface area contributed by atoms with Gasteiger partial charge in [-0.15, -0.1) is 0 Å². The second-order valence-corrected chi connectivity index (χ2v) is 9.11. The van der Waals surface area contributed by atoms with Crippen molar-refractivity contribution in [1.29, 1.82) is 0 Å². The van der Waals surface area contributed by atoms with Crippen molar-refractivity contribution < 1.29 is 19.1 Å². The highest BCUT2D eigenvalue weighted by atomic mass is 32.2. The second kappa shape index (κ2) is 11.7. The van der Waals surface area contributed by atoms with Gasteiger partial charge in [0, 0.05) is 11.3 Å². The first kappa shape index (κ1) is 25.3. The summed E-state index contributed by atoms with van der Waals surface area (Å²) in [4.78, 5) is 30.4. The molecule has 184 valence electrons. The number of hydrogen-bond donors (Lipinski definition) is 1. The molecule has 4 rings (SSSR count). The van der Waals surface area contributed by atoms with Gasteiger partial charge in [-0.2, -0.15) is 0 Å². The first-order valence-electron chi connectivity index (χ1n) is 11.7. The Hall–Kier alpha value is -3.84. The van der Waals surface area contributed by atoms with Crippen LogP contribution in [0.15, 0.2) is 95.1 Å². The van der Waals surface area contributed by atoms with Gasteiger partial charge in [0.25, 0.3) is 0 Å². The van der Waals surface area contributed by atoms with Crippen LogP contribution >= 0.6 is 11.8 Å². The van der Waals surface area contributed by atoms with E-state index in [0.29, 0.717) is 27.8 Å². The van der Waals surface area contributed by atoms with Crippen LogP contribution in [0, 0.1) is 0 Å². The first-order chi connectivity index (χ1) is 17.5. The van der Waals surface area contributed by atoms with Crippen molar-refractivity contribution in [2.75, 3.05) is 19.5 Å². The van der Waals surface area contributed by atoms with Crippen molar-refractivity contribution >= 4 is 28.7 Å². The number of carbonyl (C=O) groups excluding carboxylic acids is 2. The molecule has 0 amide bonds. The summed E-state index contributed by atoms with van der Waals surface area (Å²) in [5.41, 5.74) is 4.76. The molecule has 1 atom stereocenters. The number of esters is 1. The molecule has 3 aromatic carbocycles. The Morgan fingerprint density at radius 2 is 1.61 bits per heavy atom. The predicted octanol–water partition coefficient (Wildman–Crippen LogP) is 5.82. The molecule has 1 aliphatic rings. The summed E-state index contributed by atoms with van der Waals surface area (Å²) in [6.07, 6.45) is 0. The highest BCUT2D eigenvalue weighted by Gasteiger charge is 2.30. The van der Waals surface area contributed by atoms with Gasteiger partial charge in [0.05, 0.1) is 25.0 Å². The summed E-state index contributed by atoms with van der Waals surface area (Å²) in [5, 5.41) is 3.76. The molecule has 0 saturated heterocycles. The lowest BCUT2D eigenvalue weighted by atomic mass is 9.96. The molecule has 1 heterocycles. The third-order valence-electron chi connectivity index (χ3n) is 5.80. The van der Waals surface area contributed by atoms with Gasteiger partial charge >= 0.3 is 5.97 Å². The number of Topliss-reactive ketones (excluding diaryl/α,β-unsaturated/α-hetero) is 1. The Labute approximate surface area is 215 Å². The van der Waals surface area contributed by atoms with Crippen LogP contribution in [0.1, 0.15) is 35.8 Å². The minimum atomic E-state index is -0.543. The van der Waals surface area contributed by atoms with Gasteiger partial charge in [-0.05, 0) is 42.7 Å². The van der Waals surface area contributed by atoms with E-state index in [1.165, 1.54) is 11.8 Å². The molecule has 0 saturated carbocycles. The fourth-order valence-corrected chi connectivity index (χ4v) is 4.76. The zero-order valence-corrected chi connectivity index (χ0v) is 21.3. The maximum Gasteiger partial charge on any atom is 0.338 e. The number of allylic oxidation sites excluding steroid dienone is 1. The number of rotatable bonds is 8. The number of nitrogens with one attached hydrogen (secondary N) is 1. The van der Waals surface area contributed by atoms with E-state index >= 15 is 0 Å². The number of ketones is 1. The highest BCUT2D eigenvalue weighted by molar-refractivity contribution is 8.14. The number of methoxy groups -OCH3 is 1. The van der Waals surface area contributed by atoms with Crippen LogP contribution < -0.4 is 10.1 Å². The number of thioether (sulfide) groups is 1. The smallest absolute Gasteiger partial charge is 0.338 e. The van der Waals surface area contributed by atoms with E-state index < -0.39 is 12.0 Å². The van der Waals surface area contributed by atoms with Gasteiger partial charge in [-0.25, -0.2) is 9.79 Å². The zero-order chi connectivity index (χ0) is 25.5. The number of nitrogens with zero attached hydrogens (tertiary/aromatic N) is 1. The van der Waals surface area contributed by atoms with Crippen molar-refractivity contribution in [1.82, 2.24) is 5.32 Å². The number of amidine groups is 1. The molecule has 1 aliphatic heterocycles. The summed E-state index contributed by atoms with van der Waals surface area (Å²) in [6, 6.07) is 24.6. The number of benzene rings is 3. The molecule has 0 radical (unpaired) electrons. The highest BCUT2D eigenvalue weighted by Crippen LogP contribution is 2.34. The lowest BCUT2D eigenvalue weighted by Gasteiger charge is -2.25. The largest absolute Gasteiger partial charge is 0.497 e. The Kier molecular flexibility index (Phi) is 8.23. The van der Waals surface area contributed by atoms with Gasteiger partial charge in [0.2, 0.25) is 0 Å². The zero-order valence-electron chi connectivity index (χ0n) is 20.5. The molecule has 1 N–H and O–H groups in total.